The minimum Gasteiger partial charge on any atom is -0.374 e. The van der Waals surface area contributed by atoms with E-state index in [-0.39, 0.29) is 48.0 Å². The first-order chi connectivity index (χ1) is 18.2. The summed E-state index contributed by atoms with van der Waals surface area (Å²) in [4.78, 5) is 26.1. The van der Waals surface area contributed by atoms with E-state index in [1.54, 1.807) is 24.3 Å². The summed E-state index contributed by atoms with van der Waals surface area (Å²) in [5.74, 6) is -0.233. The van der Waals surface area contributed by atoms with E-state index in [9.17, 15) is 18.0 Å². The maximum Gasteiger partial charge on any atom is 0.251 e. The molecule has 2 aliphatic rings. The number of sulfonamides is 1. The number of carbonyl (C=O) groups is 2. The number of ether oxygens (including phenoxy) is 1. The van der Waals surface area contributed by atoms with Crippen molar-refractivity contribution in [2.24, 2.45) is 5.92 Å². The highest BCUT2D eigenvalue weighted by Crippen LogP contribution is 2.29. The Bertz CT molecular complexity index is 1220. The summed E-state index contributed by atoms with van der Waals surface area (Å²) < 4.78 is 33.5. The minimum absolute atomic E-state index is 0.0237. The van der Waals surface area contributed by atoms with Crippen LogP contribution >= 0.6 is 23.2 Å². The molecule has 11 heteroatoms. The molecule has 2 fully saturated rings. The molecule has 2 atom stereocenters. The Balaban J connectivity index is 1.39. The molecule has 4 rings (SSSR count). The summed E-state index contributed by atoms with van der Waals surface area (Å²) in [6, 6.07) is 12.4. The number of morpholine rings is 1. The smallest absolute Gasteiger partial charge is 0.251 e. The third-order valence-electron chi connectivity index (χ3n) is 7.07. The van der Waals surface area contributed by atoms with Gasteiger partial charge in [-0.1, -0.05) is 73.5 Å². The summed E-state index contributed by atoms with van der Waals surface area (Å²) in [6.45, 7) is 0.525. The van der Waals surface area contributed by atoms with Crippen molar-refractivity contribution in [2.45, 2.75) is 55.6 Å². The number of rotatable bonds is 9. The van der Waals surface area contributed by atoms with Crippen LogP contribution in [-0.2, 0) is 19.6 Å². The zero-order valence-electron chi connectivity index (χ0n) is 21.1. The third-order valence-corrected chi connectivity index (χ3v) is 9.65. The van der Waals surface area contributed by atoms with Crippen molar-refractivity contribution >= 4 is 45.0 Å². The molecule has 206 valence electrons. The number of benzene rings is 2. The Hall–Kier alpha value is -2.17. The van der Waals surface area contributed by atoms with Gasteiger partial charge in [0.2, 0.25) is 15.9 Å². The highest BCUT2D eigenvalue weighted by atomic mass is 35.5. The molecule has 1 aliphatic heterocycles. The van der Waals surface area contributed by atoms with Crippen LogP contribution in [0.5, 0.6) is 0 Å². The summed E-state index contributed by atoms with van der Waals surface area (Å²) >= 11 is 12.1. The molecule has 2 N–H and O–H groups in total. The van der Waals surface area contributed by atoms with E-state index in [2.05, 4.69) is 10.6 Å². The molecular formula is C27H33Cl2N3O5S. The summed E-state index contributed by atoms with van der Waals surface area (Å²) in [5, 5.41) is 6.19. The number of hydrogen-bond acceptors (Lipinski definition) is 5. The van der Waals surface area contributed by atoms with Crippen LogP contribution in [0.1, 0.15) is 48.9 Å². The zero-order valence-corrected chi connectivity index (χ0v) is 23.4. The Morgan fingerprint density at radius 3 is 2.50 bits per heavy atom. The first-order valence-corrected chi connectivity index (χ1v) is 15.1. The lowest BCUT2D eigenvalue weighted by atomic mass is 9.84. The summed E-state index contributed by atoms with van der Waals surface area (Å²) in [7, 11) is -3.87. The average Bonchev–Trinajstić information content (AvgIpc) is 2.92. The fourth-order valence-electron chi connectivity index (χ4n) is 5.01. The van der Waals surface area contributed by atoms with Gasteiger partial charge >= 0.3 is 0 Å². The molecule has 1 saturated heterocycles. The highest BCUT2D eigenvalue weighted by Gasteiger charge is 2.33. The van der Waals surface area contributed by atoms with Crippen molar-refractivity contribution in [2.75, 3.05) is 26.2 Å². The second-order valence-electron chi connectivity index (χ2n) is 9.81. The van der Waals surface area contributed by atoms with Crippen molar-refractivity contribution in [3.8, 4) is 0 Å². The van der Waals surface area contributed by atoms with Crippen LogP contribution in [0.2, 0.25) is 10.0 Å². The molecule has 1 heterocycles. The van der Waals surface area contributed by atoms with E-state index in [1.165, 1.54) is 28.9 Å². The van der Waals surface area contributed by atoms with Gasteiger partial charge in [-0.2, -0.15) is 4.31 Å². The van der Waals surface area contributed by atoms with E-state index in [4.69, 9.17) is 27.9 Å². The van der Waals surface area contributed by atoms with E-state index >= 15 is 0 Å². The van der Waals surface area contributed by atoms with Gasteiger partial charge < -0.3 is 15.4 Å². The number of halogens is 2. The van der Waals surface area contributed by atoms with Gasteiger partial charge in [-0.05, 0) is 42.7 Å². The van der Waals surface area contributed by atoms with Crippen molar-refractivity contribution in [3.63, 3.8) is 0 Å². The largest absolute Gasteiger partial charge is 0.374 e. The van der Waals surface area contributed by atoms with Gasteiger partial charge in [0, 0.05) is 30.2 Å². The van der Waals surface area contributed by atoms with E-state index in [0.717, 1.165) is 25.7 Å². The standard InChI is InChI=1S/C27H33Cl2N3O5S/c28-21-11-12-25(23(29)16-21)38(35,36)32-13-14-37-22(18-32)17-30-27(34)24(15-19-7-3-1-4-8-19)31-26(33)20-9-5-2-6-10-20/h2,5-6,9-12,16,19,22,24H,1,3-4,7-8,13-15,17-18H2,(H,30,34)(H,31,33)/t22?,24-/m0/s1. The van der Waals surface area contributed by atoms with Gasteiger partial charge in [0.25, 0.3) is 5.91 Å². The van der Waals surface area contributed by atoms with E-state index in [1.807, 2.05) is 6.07 Å². The van der Waals surface area contributed by atoms with Crippen LogP contribution < -0.4 is 10.6 Å². The van der Waals surface area contributed by atoms with E-state index < -0.39 is 22.2 Å². The molecule has 0 bridgehead atoms. The fourth-order valence-corrected chi connectivity index (χ4v) is 7.22. The van der Waals surface area contributed by atoms with Gasteiger partial charge in [-0.15, -0.1) is 0 Å². The van der Waals surface area contributed by atoms with Crippen molar-refractivity contribution in [1.29, 1.82) is 0 Å². The van der Waals surface area contributed by atoms with Crippen molar-refractivity contribution < 1.29 is 22.7 Å². The van der Waals surface area contributed by atoms with Gasteiger partial charge in [0.1, 0.15) is 10.9 Å². The first kappa shape index (κ1) is 28.8. The molecule has 2 aromatic carbocycles. The van der Waals surface area contributed by atoms with E-state index in [0.29, 0.717) is 22.9 Å². The van der Waals surface area contributed by atoms with Crippen molar-refractivity contribution in [1.82, 2.24) is 14.9 Å². The van der Waals surface area contributed by atoms with Gasteiger partial charge in [-0.3, -0.25) is 9.59 Å². The molecule has 1 saturated carbocycles. The molecule has 1 aliphatic carbocycles. The van der Waals surface area contributed by atoms with Crippen LogP contribution in [0.3, 0.4) is 0 Å². The molecule has 0 spiro atoms. The number of carbonyl (C=O) groups excluding carboxylic acids is 2. The maximum absolute atomic E-state index is 13.3. The molecule has 0 aromatic heterocycles. The van der Waals surface area contributed by atoms with Crippen LogP contribution in [-0.4, -0.2) is 62.9 Å². The highest BCUT2D eigenvalue weighted by molar-refractivity contribution is 7.89. The van der Waals surface area contributed by atoms with Gasteiger partial charge in [-0.25, -0.2) is 8.42 Å². The molecule has 0 radical (unpaired) electrons. The number of amides is 2. The Kier molecular flexibility index (Phi) is 10.1. The number of nitrogens with zero attached hydrogens (tertiary/aromatic N) is 1. The molecule has 1 unspecified atom stereocenters. The first-order valence-electron chi connectivity index (χ1n) is 12.9. The second-order valence-corrected chi connectivity index (χ2v) is 12.6. The van der Waals surface area contributed by atoms with Crippen LogP contribution in [0, 0.1) is 5.92 Å². The maximum atomic E-state index is 13.3. The molecular weight excluding hydrogens is 549 g/mol. The predicted octanol–water partition coefficient (Wildman–Crippen LogP) is 4.27. The molecule has 8 nitrogen and oxygen atoms in total. The Morgan fingerprint density at radius 1 is 1.05 bits per heavy atom. The van der Waals surface area contributed by atoms with Crippen LogP contribution in [0.4, 0.5) is 0 Å². The molecule has 38 heavy (non-hydrogen) atoms. The lowest BCUT2D eigenvalue weighted by Gasteiger charge is -2.33. The summed E-state index contributed by atoms with van der Waals surface area (Å²) in [5.41, 5.74) is 0.492. The lowest BCUT2D eigenvalue weighted by Crippen LogP contribution is -2.53. The number of nitrogens with one attached hydrogen (secondary N) is 2. The quantitative estimate of drug-likeness (QED) is 0.460. The van der Waals surface area contributed by atoms with Crippen LogP contribution in [0.15, 0.2) is 53.4 Å². The second kappa shape index (κ2) is 13.3. The topological polar surface area (TPSA) is 105 Å². The fraction of sp³-hybridized carbons (Fsp3) is 0.481. The summed E-state index contributed by atoms with van der Waals surface area (Å²) in [6.07, 6.45) is 5.55. The van der Waals surface area contributed by atoms with Crippen LogP contribution in [0.25, 0.3) is 0 Å². The number of hydrogen-bond donors (Lipinski definition) is 2. The normalized spacial score (nSPS) is 20.0. The SMILES string of the molecule is O=C(N[C@@H](CC1CCCCC1)C(=O)NCC1CN(S(=O)(=O)c2ccc(Cl)cc2Cl)CCO1)c1ccccc1. The van der Waals surface area contributed by atoms with Gasteiger partial charge in [0.15, 0.2) is 0 Å². The Labute approximate surface area is 234 Å². The average molecular weight is 583 g/mol. The monoisotopic (exact) mass is 581 g/mol. The molecule has 2 aromatic rings. The predicted molar refractivity (Wildman–Crippen MR) is 147 cm³/mol. The molecule has 2 amide bonds. The zero-order chi connectivity index (χ0) is 27.1. The third kappa shape index (κ3) is 7.48. The lowest BCUT2D eigenvalue weighted by molar-refractivity contribution is -0.124. The van der Waals surface area contributed by atoms with Crippen molar-refractivity contribution in [3.05, 3.63) is 64.1 Å². The Morgan fingerprint density at radius 2 is 1.79 bits per heavy atom. The minimum atomic E-state index is -3.87. The van der Waals surface area contributed by atoms with Gasteiger partial charge in [0.05, 0.1) is 17.7 Å².